The highest BCUT2D eigenvalue weighted by Crippen LogP contribution is 2.02. The maximum Gasteiger partial charge on any atom is 0.135 e. The largest absolute Gasteiger partial charge is 0.300 e. The second-order valence-corrected chi connectivity index (χ2v) is 3.60. The van der Waals surface area contributed by atoms with Crippen LogP contribution in [0, 0.1) is 0 Å². The molecular formula is C10H20N2O. The van der Waals surface area contributed by atoms with Crippen molar-refractivity contribution in [2.24, 2.45) is 4.99 Å². The first kappa shape index (κ1) is 12.3. The van der Waals surface area contributed by atoms with Crippen molar-refractivity contribution >= 4 is 11.5 Å². The summed E-state index contributed by atoms with van der Waals surface area (Å²) in [7, 11) is 4.00. The molecule has 0 aromatic heterocycles. The van der Waals surface area contributed by atoms with Gasteiger partial charge in [0.15, 0.2) is 0 Å². The third kappa shape index (κ3) is 5.53. The van der Waals surface area contributed by atoms with E-state index in [-0.39, 0.29) is 11.9 Å². The van der Waals surface area contributed by atoms with E-state index in [9.17, 15) is 4.79 Å². The van der Waals surface area contributed by atoms with Gasteiger partial charge in [-0.1, -0.05) is 6.92 Å². The van der Waals surface area contributed by atoms with E-state index in [0.717, 1.165) is 12.1 Å². The third-order valence-corrected chi connectivity index (χ3v) is 1.84. The monoisotopic (exact) mass is 184 g/mol. The summed E-state index contributed by atoms with van der Waals surface area (Å²) in [6.45, 7) is 5.60. The highest BCUT2D eigenvalue weighted by Gasteiger charge is 2.06. The Balaban J connectivity index is 4.24. The summed E-state index contributed by atoms with van der Waals surface area (Å²) < 4.78 is 0. The van der Waals surface area contributed by atoms with Crippen molar-refractivity contribution in [2.45, 2.75) is 39.8 Å². The van der Waals surface area contributed by atoms with Crippen LogP contribution in [-0.2, 0) is 4.79 Å². The van der Waals surface area contributed by atoms with Gasteiger partial charge in [-0.2, -0.15) is 0 Å². The molecule has 0 aliphatic carbocycles. The Labute approximate surface area is 80.8 Å². The first-order valence-electron chi connectivity index (χ1n) is 4.66. The molecule has 0 fully saturated rings. The van der Waals surface area contributed by atoms with E-state index in [4.69, 9.17) is 0 Å². The predicted octanol–water partition coefficient (Wildman–Crippen LogP) is 1.72. The van der Waals surface area contributed by atoms with Gasteiger partial charge in [-0.25, -0.2) is 0 Å². The van der Waals surface area contributed by atoms with Gasteiger partial charge in [0, 0.05) is 12.1 Å². The Kier molecular flexibility index (Phi) is 5.55. The quantitative estimate of drug-likeness (QED) is 0.609. The molecule has 0 saturated carbocycles. The minimum atomic E-state index is 0.176. The molecule has 0 bridgehead atoms. The van der Waals surface area contributed by atoms with Crippen molar-refractivity contribution in [1.82, 2.24) is 4.90 Å². The summed E-state index contributed by atoms with van der Waals surface area (Å²) in [5, 5.41) is 0. The second-order valence-electron chi connectivity index (χ2n) is 3.60. The first-order valence-corrected chi connectivity index (χ1v) is 4.66. The zero-order chi connectivity index (χ0) is 10.4. The SMILES string of the molecule is CCC(N=C(C)CC(C)=O)N(C)C. The first-order chi connectivity index (χ1) is 5.97. The van der Waals surface area contributed by atoms with Gasteiger partial charge in [0.2, 0.25) is 0 Å². The third-order valence-electron chi connectivity index (χ3n) is 1.84. The Bertz CT molecular complexity index is 197. The van der Waals surface area contributed by atoms with Crippen LogP contribution in [0.5, 0.6) is 0 Å². The highest BCUT2D eigenvalue weighted by atomic mass is 16.1. The van der Waals surface area contributed by atoms with E-state index in [2.05, 4.69) is 16.8 Å². The van der Waals surface area contributed by atoms with Crippen molar-refractivity contribution in [2.75, 3.05) is 14.1 Å². The number of ketones is 1. The molecule has 13 heavy (non-hydrogen) atoms. The molecule has 0 aliphatic rings. The fraction of sp³-hybridized carbons (Fsp3) is 0.800. The zero-order valence-corrected chi connectivity index (χ0v) is 9.29. The van der Waals surface area contributed by atoms with Crippen LogP contribution >= 0.6 is 0 Å². The fourth-order valence-electron chi connectivity index (χ4n) is 1.23. The van der Waals surface area contributed by atoms with E-state index in [1.165, 1.54) is 0 Å². The average molecular weight is 184 g/mol. The fourth-order valence-corrected chi connectivity index (χ4v) is 1.23. The number of nitrogens with zero attached hydrogens (tertiary/aromatic N) is 2. The summed E-state index contributed by atoms with van der Waals surface area (Å²) in [5.74, 6) is 0.176. The molecule has 0 aromatic rings. The van der Waals surface area contributed by atoms with Crippen LogP contribution in [0.15, 0.2) is 4.99 Å². The van der Waals surface area contributed by atoms with E-state index < -0.39 is 0 Å². The molecule has 0 radical (unpaired) electrons. The zero-order valence-electron chi connectivity index (χ0n) is 9.29. The molecule has 0 rings (SSSR count). The maximum atomic E-state index is 10.8. The van der Waals surface area contributed by atoms with Gasteiger partial charge in [-0.15, -0.1) is 0 Å². The number of hydrogen-bond donors (Lipinski definition) is 0. The second kappa shape index (κ2) is 5.86. The molecule has 0 heterocycles. The van der Waals surface area contributed by atoms with Crippen LogP contribution in [0.2, 0.25) is 0 Å². The van der Waals surface area contributed by atoms with Crippen molar-refractivity contribution in [3.05, 3.63) is 0 Å². The summed E-state index contributed by atoms with van der Waals surface area (Å²) in [6.07, 6.45) is 1.66. The van der Waals surface area contributed by atoms with Gasteiger partial charge >= 0.3 is 0 Å². The Morgan fingerprint density at radius 2 is 1.92 bits per heavy atom. The van der Waals surface area contributed by atoms with Gasteiger partial charge in [-0.3, -0.25) is 14.7 Å². The standard InChI is InChI=1S/C10H20N2O/c1-6-10(12(4)5)11-8(2)7-9(3)13/h10H,6-7H2,1-5H3. The Morgan fingerprint density at radius 3 is 2.23 bits per heavy atom. The van der Waals surface area contributed by atoms with E-state index in [1.54, 1.807) is 6.92 Å². The molecule has 0 N–H and O–H groups in total. The van der Waals surface area contributed by atoms with Crippen LogP contribution in [0.25, 0.3) is 0 Å². The van der Waals surface area contributed by atoms with Crippen molar-refractivity contribution in [3.63, 3.8) is 0 Å². The lowest BCUT2D eigenvalue weighted by Gasteiger charge is -2.19. The van der Waals surface area contributed by atoms with Crippen LogP contribution in [0.4, 0.5) is 0 Å². The molecule has 1 unspecified atom stereocenters. The van der Waals surface area contributed by atoms with Crippen LogP contribution < -0.4 is 0 Å². The molecule has 0 aliphatic heterocycles. The molecule has 0 saturated heterocycles. The predicted molar refractivity (Wildman–Crippen MR) is 56.2 cm³/mol. The molecule has 0 spiro atoms. The van der Waals surface area contributed by atoms with Gasteiger partial charge in [0.05, 0.1) is 0 Å². The van der Waals surface area contributed by atoms with Crippen molar-refractivity contribution in [3.8, 4) is 0 Å². The smallest absolute Gasteiger partial charge is 0.135 e. The number of rotatable bonds is 5. The number of aliphatic imine (C=N–C) groups is 1. The minimum Gasteiger partial charge on any atom is -0.300 e. The lowest BCUT2D eigenvalue weighted by Crippen LogP contribution is -2.26. The number of Topliss-reactive ketones (excluding diaryl/α,β-unsaturated/α-hetero) is 1. The van der Waals surface area contributed by atoms with Gasteiger partial charge in [0.1, 0.15) is 11.9 Å². The normalized spacial score (nSPS) is 14.8. The van der Waals surface area contributed by atoms with E-state index >= 15 is 0 Å². The average Bonchev–Trinajstić information content (AvgIpc) is 1.98. The van der Waals surface area contributed by atoms with E-state index in [0.29, 0.717) is 6.42 Å². The molecule has 0 aromatic carbocycles. The summed E-state index contributed by atoms with van der Waals surface area (Å²) in [4.78, 5) is 17.3. The lowest BCUT2D eigenvalue weighted by molar-refractivity contribution is -0.115. The molecule has 3 heteroatoms. The Hall–Kier alpha value is -0.700. The van der Waals surface area contributed by atoms with Crippen LogP contribution in [0.3, 0.4) is 0 Å². The number of hydrogen-bond acceptors (Lipinski definition) is 3. The summed E-state index contributed by atoms with van der Waals surface area (Å²) in [5.41, 5.74) is 0.924. The van der Waals surface area contributed by atoms with Gasteiger partial charge < -0.3 is 0 Å². The minimum absolute atomic E-state index is 0.176. The van der Waals surface area contributed by atoms with Gasteiger partial charge in [0.25, 0.3) is 0 Å². The Morgan fingerprint density at radius 1 is 1.38 bits per heavy atom. The summed E-state index contributed by atoms with van der Waals surface area (Å²) >= 11 is 0. The molecular weight excluding hydrogens is 164 g/mol. The van der Waals surface area contributed by atoms with Crippen molar-refractivity contribution < 1.29 is 4.79 Å². The molecule has 3 nitrogen and oxygen atoms in total. The van der Waals surface area contributed by atoms with Crippen LogP contribution in [-0.4, -0.2) is 36.7 Å². The maximum absolute atomic E-state index is 10.8. The number of carbonyl (C=O) groups is 1. The summed E-state index contributed by atoms with van der Waals surface area (Å²) in [6, 6.07) is 0. The number of carbonyl (C=O) groups excluding carboxylic acids is 1. The van der Waals surface area contributed by atoms with E-state index in [1.807, 2.05) is 21.0 Å². The van der Waals surface area contributed by atoms with Gasteiger partial charge in [-0.05, 0) is 34.4 Å². The van der Waals surface area contributed by atoms with Crippen molar-refractivity contribution in [1.29, 1.82) is 0 Å². The lowest BCUT2D eigenvalue weighted by atomic mass is 10.2. The van der Waals surface area contributed by atoms with Crippen LogP contribution in [0.1, 0.15) is 33.6 Å². The topological polar surface area (TPSA) is 32.7 Å². The highest BCUT2D eigenvalue weighted by molar-refractivity contribution is 5.99. The molecule has 76 valence electrons. The molecule has 0 amide bonds. The molecule has 1 atom stereocenters.